The summed E-state index contributed by atoms with van der Waals surface area (Å²) in [6.07, 6.45) is -1.19. The third-order valence-corrected chi connectivity index (χ3v) is 5.61. The van der Waals surface area contributed by atoms with Crippen LogP contribution >= 0.6 is 34.8 Å². The number of aliphatic hydroxyl groups is 1. The van der Waals surface area contributed by atoms with Crippen molar-refractivity contribution in [1.29, 1.82) is 0 Å². The summed E-state index contributed by atoms with van der Waals surface area (Å²) in [6.45, 7) is 0. The molecule has 3 nitrogen and oxygen atoms in total. The van der Waals surface area contributed by atoms with Gasteiger partial charge in [0.25, 0.3) is 0 Å². The van der Waals surface area contributed by atoms with Crippen LogP contribution in [0.4, 0.5) is 0 Å². The second-order valence-corrected chi connectivity index (χ2v) is 7.71. The van der Waals surface area contributed by atoms with E-state index < -0.39 is 21.7 Å². The van der Waals surface area contributed by atoms with E-state index in [-0.39, 0.29) is 9.92 Å². The van der Waals surface area contributed by atoms with Gasteiger partial charge in [-0.15, -0.1) is 0 Å². The van der Waals surface area contributed by atoms with E-state index in [1.165, 1.54) is 42.5 Å². The minimum absolute atomic E-state index is 0.103. The summed E-state index contributed by atoms with van der Waals surface area (Å²) in [5, 5.41) is 11.1. The van der Waals surface area contributed by atoms with Gasteiger partial charge >= 0.3 is 0 Å². The quantitative estimate of drug-likeness (QED) is 0.885. The maximum Gasteiger partial charge on any atom is 0.181 e. The van der Waals surface area contributed by atoms with Gasteiger partial charge in [0, 0.05) is 5.02 Å². The molecule has 7 heteroatoms. The molecule has 0 heterocycles. The van der Waals surface area contributed by atoms with Gasteiger partial charge in [0.15, 0.2) is 9.84 Å². The molecule has 0 aliphatic rings. The number of benzene rings is 2. The van der Waals surface area contributed by atoms with Crippen LogP contribution in [0.2, 0.25) is 15.1 Å². The van der Waals surface area contributed by atoms with Crippen molar-refractivity contribution >= 4 is 44.6 Å². The topological polar surface area (TPSA) is 54.4 Å². The first kappa shape index (κ1) is 16.6. The largest absolute Gasteiger partial charge is 0.387 e. The lowest BCUT2D eigenvalue weighted by atomic mass is 10.1. The monoisotopic (exact) mass is 364 g/mol. The zero-order chi connectivity index (χ0) is 15.6. The van der Waals surface area contributed by atoms with Crippen LogP contribution in [0.1, 0.15) is 11.7 Å². The molecule has 0 bridgehead atoms. The lowest BCUT2D eigenvalue weighted by molar-refractivity contribution is 0.201. The molecule has 0 radical (unpaired) electrons. The van der Waals surface area contributed by atoms with Crippen molar-refractivity contribution in [3.05, 3.63) is 63.1 Å². The van der Waals surface area contributed by atoms with Gasteiger partial charge in [0.1, 0.15) is 0 Å². The molecule has 0 fully saturated rings. The predicted octanol–water partition coefficient (Wildman–Crippen LogP) is 4.15. The molecule has 0 amide bonds. The highest BCUT2D eigenvalue weighted by Crippen LogP contribution is 2.27. The minimum Gasteiger partial charge on any atom is -0.387 e. The van der Waals surface area contributed by atoms with E-state index in [2.05, 4.69) is 0 Å². The molecule has 2 aromatic rings. The van der Waals surface area contributed by atoms with Gasteiger partial charge in [-0.1, -0.05) is 40.9 Å². The summed E-state index contributed by atoms with van der Waals surface area (Å²) in [7, 11) is -3.63. The van der Waals surface area contributed by atoms with Crippen molar-refractivity contribution in [2.75, 3.05) is 5.75 Å². The van der Waals surface area contributed by atoms with Gasteiger partial charge in [-0.25, -0.2) is 8.42 Å². The first-order valence-electron chi connectivity index (χ1n) is 5.91. The van der Waals surface area contributed by atoms with E-state index in [1.807, 2.05) is 0 Å². The number of hydrogen-bond donors (Lipinski definition) is 1. The summed E-state index contributed by atoms with van der Waals surface area (Å²) in [4.78, 5) is 0.103. The standard InChI is InChI=1S/C14H11Cl3O3S/c15-10-2-4-11(5-3-10)21(19,20)8-14(18)9-1-6-12(16)13(17)7-9/h1-7,14,18H,8H2/t14-/m1/s1. The summed E-state index contributed by atoms with van der Waals surface area (Å²) >= 11 is 17.4. The van der Waals surface area contributed by atoms with Gasteiger partial charge < -0.3 is 5.11 Å². The predicted molar refractivity (Wildman–Crippen MR) is 84.9 cm³/mol. The molecule has 2 aromatic carbocycles. The Morgan fingerprint density at radius 3 is 2.14 bits per heavy atom. The third kappa shape index (κ3) is 4.11. The van der Waals surface area contributed by atoms with Crippen molar-refractivity contribution in [3.8, 4) is 0 Å². The van der Waals surface area contributed by atoms with Crippen molar-refractivity contribution in [3.63, 3.8) is 0 Å². The number of sulfone groups is 1. The van der Waals surface area contributed by atoms with Crippen LogP contribution in [0.15, 0.2) is 47.4 Å². The Bertz CT molecular complexity index is 743. The Balaban J connectivity index is 2.23. The van der Waals surface area contributed by atoms with Crippen LogP contribution in [0.5, 0.6) is 0 Å². The van der Waals surface area contributed by atoms with Crippen molar-refractivity contribution in [1.82, 2.24) is 0 Å². The summed E-state index contributed by atoms with van der Waals surface area (Å²) < 4.78 is 24.4. The molecular formula is C14H11Cl3O3S. The lowest BCUT2D eigenvalue weighted by Gasteiger charge is -2.12. The van der Waals surface area contributed by atoms with Crippen LogP contribution < -0.4 is 0 Å². The number of hydrogen-bond acceptors (Lipinski definition) is 3. The molecule has 0 saturated carbocycles. The Morgan fingerprint density at radius 2 is 1.57 bits per heavy atom. The summed E-state index contributed by atoms with van der Waals surface area (Å²) in [6, 6.07) is 10.3. The molecular weight excluding hydrogens is 355 g/mol. The third-order valence-electron chi connectivity index (χ3n) is 2.88. The van der Waals surface area contributed by atoms with E-state index in [0.29, 0.717) is 15.6 Å². The van der Waals surface area contributed by atoms with Crippen LogP contribution in [-0.4, -0.2) is 19.3 Å². The van der Waals surface area contributed by atoms with Crippen LogP contribution in [0, 0.1) is 0 Å². The normalized spacial score (nSPS) is 13.1. The van der Waals surface area contributed by atoms with E-state index in [1.54, 1.807) is 0 Å². The van der Waals surface area contributed by atoms with E-state index in [9.17, 15) is 13.5 Å². The van der Waals surface area contributed by atoms with Crippen molar-refractivity contribution in [2.45, 2.75) is 11.0 Å². The second kappa shape index (κ2) is 6.55. The zero-order valence-electron chi connectivity index (χ0n) is 10.6. The van der Waals surface area contributed by atoms with Crippen molar-refractivity contribution in [2.24, 2.45) is 0 Å². The molecule has 21 heavy (non-hydrogen) atoms. The number of rotatable bonds is 4. The maximum absolute atomic E-state index is 12.2. The van der Waals surface area contributed by atoms with Crippen LogP contribution in [0.3, 0.4) is 0 Å². The number of halogens is 3. The average molecular weight is 366 g/mol. The Morgan fingerprint density at radius 1 is 0.952 bits per heavy atom. The van der Waals surface area contributed by atoms with Gasteiger partial charge in [0.05, 0.1) is 26.8 Å². The smallest absolute Gasteiger partial charge is 0.181 e. The van der Waals surface area contributed by atoms with Crippen LogP contribution in [-0.2, 0) is 9.84 Å². The van der Waals surface area contributed by atoms with E-state index >= 15 is 0 Å². The Hall–Kier alpha value is -0.780. The maximum atomic E-state index is 12.2. The van der Waals surface area contributed by atoms with E-state index in [4.69, 9.17) is 34.8 Å². The molecule has 0 unspecified atom stereocenters. The lowest BCUT2D eigenvalue weighted by Crippen LogP contribution is -2.14. The highest BCUT2D eigenvalue weighted by Gasteiger charge is 2.21. The average Bonchev–Trinajstić information content (AvgIpc) is 2.41. The highest BCUT2D eigenvalue weighted by molar-refractivity contribution is 7.91. The minimum atomic E-state index is -3.63. The molecule has 2 rings (SSSR count). The van der Waals surface area contributed by atoms with Gasteiger partial charge in [-0.2, -0.15) is 0 Å². The van der Waals surface area contributed by atoms with E-state index in [0.717, 1.165) is 0 Å². The second-order valence-electron chi connectivity index (χ2n) is 4.42. The van der Waals surface area contributed by atoms with Gasteiger partial charge in [0.2, 0.25) is 0 Å². The van der Waals surface area contributed by atoms with Crippen molar-refractivity contribution < 1.29 is 13.5 Å². The van der Waals surface area contributed by atoms with Gasteiger partial charge in [-0.3, -0.25) is 0 Å². The molecule has 0 spiro atoms. The molecule has 0 aliphatic heterocycles. The highest BCUT2D eigenvalue weighted by atomic mass is 35.5. The first-order valence-corrected chi connectivity index (χ1v) is 8.69. The van der Waals surface area contributed by atoms with Gasteiger partial charge in [-0.05, 0) is 42.0 Å². The fourth-order valence-corrected chi connectivity index (χ4v) is 3.55. The molecule has 112 valence electrons. The van der Waals surface area contributed by atoms with Crippen LogP contribution in [0.25, 0.3) is 0 Å². The fraction of sp³-hybridized carbons (Fsp3) is 0.143. The summed E-state index contributed by atoms with van der Waals surface area (Å²) in [5.74, 6) is -0.452. The number of aliphatic hydroxyl groups excluding tert-OH is 1. The molecule has 1 atom stereocenters. The molecule has 1 N–H and O–H groups in total. The Labute approximate surface area is 138 Å². The molecule has 0 aliphatic carbocycles. The summed E-state index contributed by atoms with van der Waals surface area (Å²) in [5.41, 5.74) is 0.391. The zero-order valence-corrected chi connectivity index (χ0v) is 13.7. The molecule has 0 aromatic heterocycles. The molecule has 0 saturated heterocycles. The Kier molecular flexibility index (Phi) is 5.17. The SMILES string of the molecule is O=S(=O)(C[C@@H](O)c1ccc(Cl)c(Cl)c1)c1ccc(Cl)cc1. The fourth-order valence-electron chi connectivity index (χ4n) is 1.76. The first-order chi connectivity index (χ1) is 9.79.